The molecule has 5 nitrogen and oxygen atoms in total. The fraction of sp³-hybridized carbons (Fsp3) is 0. The van der Waals surface area contributed by atoms with Crippen molar-refractivity contribution in [3.63, 3.8) is 0 Å². The summed E-state index contributed by atoms with van der Waals surface area (Å²) in [5, 5.41) is 12.0. The van der Waals surface area contributed by atoms with Crippen molar-refractivity contribution in [3.8, 4) is 0 Å². The number of aromatic nitrogens is 1. The molecule has 2 rings (SSSR count). The van der Waals surface area contributed by atoms with Crippen molar-refractivity contribution >= 4 is 45.1 Å². The zero-order valence-electron chi connectivity index (χ0n) is 9.93. The molecule has 0 radical (unpaired) electrons. The number of nitrogens with one attached hydrogen (secondary N) is 1. The molecule has 0 aliphatic rings. The number of aromatic carboxylic acids is 1. The monoisotopic (exact) mass is 354 g/mol. The quantitative estimate of drug-likeness (QED) is 0.884. The number of pyridine rings is 1. The molecule has 1 aromatic carbocycles. The molecule has 0 unspecified atom stereocenters. The third-order valence-electron chi connectivity index (χ3n) is 2.42. The molecule has 0 saturated carbocycles. The molecule has 0 fully saturated rings. The Labute approximate surface area is 127 Å². The molecule has 0 saturated heterocycles. The molecule has 102 valence electrons. The Balaban J connectivity index is 2.29. The highest BCUT2D eigenvalue weighted by molar-refractivity contribution is 9.10. The topological polar surface area (TPSA) is 79.3 Å². The van der Waals surface area contributed by atoms with Gasteiger partial charge in [0.15, 0.2) is 0 Å². The lowest BCUT2D eigenvalue weighted by Gasteiger charge is -2.08. The molecule has 2 N–H and O–H groups in total. The number of nitrogens with zero attached hydrogens (tertiary/aromatic N) is 1. The molecular formula is C13H8BrClN2O3. The van der Waals surface area contributed by atoms with Gasteiger partial charge in [0.1, 0.15) is 5.69 Å². The minimum absolute atomic E-state index is 0.00415. The van der Waals surface area contributed by atoms with Crippen LogP contribution < -0.4 is 5.32 Å². The predicted octanol–water partition coefficient (Wildman–Crippen LogP) is 3.45. The maximum Gasteiger partial charge on any atom is 0.337 e. The maximum absolute atomic E-state index is 12.0. The lowest BCUT2D eigenvalue weighted by molar-refractivity contribution is 0.0698. The van der Waals surface area contributed by atoms with E-state index in [2.05, 4.69) is 26.2 Å². The van der Waals surface area contributed by atoms with Gasteiger partial charge in [0.25, 0.3) is 5.91 Å². The highest BCUT2D eigenvalue weighted by atomic mass is 79.9. The molecule has 1 amide bonds. The van der Waals surface area contributed by atoms with Crippen LogP contribution in [-0.4, -0.2) is 22.0 Å². The first kappa shape index (κ1) is 14.5. The molecule has 20 heavy (non-hydrogen) atoms. The fourth-order valence-electron chi connectivity index (χ4n) is 1.50. The van der Waals surface area contributed by atoms with E-state index in [1.807, 2.05) is 0 Å². The second kappa shape index (κ2) is 6.02. The predicted molar refractivity (Wildman–Crippen MR) is 78.3 cm³/mol. The number of hydrogen-bond donors (Lipinski definition) is 2. The Morgan fingerprint density at radius 3 is 2.60 bits per heavy atom. The standard InChI is InChI=1S/C13H8BrClN2O3/c14-7-1-3-9(13(19)20)11(5-7)17-12(18)10-4-2-8(15)6-16-10/h1-6H,(H,17,18)(H,19,20). The van der Waals surface area contributed by atoms with Crippen LogP contribution in [0.3, 0.4) is 0 Å². The molecule has 7 heteroatoms. The van der Waals surface area contributed by atoms with Crippen LogP contribution in [0.4, 0.5) is 5.69 Å². The van der Waals surface area contributed by atoms with Gasteiger partial charge >= 0.3 is 5.97 Å². The van der Waals surface area contributed by atoms with Gasteiger partial charge in [0.2, 0.25) is 0 Å². The second-order valence-electron chi connectivity index (χ2n) is 3.81. The normalized spacial score (nSPS) is 10.1. The molecule has 0 aliphatic heterocycles. The number of halogens is 2. The van der Waals surface area contributed by atoms with E-state index in [9.17, 15) is 9.59 Å². The van der Waals surface area contributed by atoms with Crippen LogP contribution in [0.15, 0.2) is 41.0 Å². The van der Waals surface area contributed by atoms with Gasteiger partial charge in [-0.2, -0.15) is 0 Å². The summed E-state index contributed by atoms with van der Waals surface area (Å²) in [7, 11) is 0. The van der Waals surface area contributed by atoms with Crippen molar-refractivity contribution in [2.24, 2.45) is 0 Å². The first-order valence-corrected chi connectivity index (χ1v) is 6.60. The molecule has 0 bridgehead atoms. The van der Waals surface area contributed by atoms with Gasteiger partial charge in [-0.05, 0) is 30.3 Å². The van der Waals surface area contributed by atoms with Crippen LogP contribution in [0.2, 0.25) is 5.02 Å². The van der Waals surface area contributed by atoms with Crippen molar-refractivity contribution in [2.45, 2.75) is 0 Å². The zero-order chi connectivity index (χ0) is 14.7. The third kappa shape index (κ3) is 3.34. The maximum atomic E-state index is 12.0. The van der Waals surface area contributed by atoms with E-state index in [1.54, 1.807) is 6.07 Å². The Morgan fingerprint density at radius 1 is 1.25 bits per heavy atom. The van der Waals surface area contributed by atoms with E-state index < -0.39 is 11.9 Å². The summed E-state index contributed by atoms with van der Waals surface area (Å²) in [6.07, 6.45) is 1.34. The zero-order valence-corrected chi connectivity index (χ0v) is 12.3. The van der Waals surface area contributed by atoms with Crippen molar-refractivity contribution in [1.29, 1.82) is 0 Å². The molecule has 0 atom stereocenters. The smallest absolute Gasteiger partial charge is 0.337 e. The van der Waals surface area contributed by atoms with E-state index in [-0.39, 0.29) is 16.9 Å². The van der Waals surface area contributed by atoms with Gasteiger partial charge in [-0.1, -0.05) is 27.5 Å². The van der Waals surface area contributed by atoms with Crippen molar-refractivity contribution in [1.82, 2.24) is 4.98 Å². The summed E-state index contributed by atoms with van der Waals surface area (Å²) >= 11 is 8.91. The summed E-state index contributed by atoms with van der Waals surface area (Å²) in [4.78, 5) is 27.0. The molecule has 0 aliphatic carbocycles. The lowest BCUT2D eigenvalue weighted by Crippen LogP contribution is -2.16. The second-order valence-corrected chi connectivity index (χ2v) is 5.16. The average molecular weight is 356 g/mol. The third-order valence-corrected chi connectivity index (χ3v) is 3.14. The number of carbonyl (C=O) groups excluding carboxylic acids is 1. The van der Waals surface area contributed by atoms with Crippen LogP contribution in [-0.2, 0) is 0 Å². The minimum atomic E-state index is -1.13. The van der Waals surface area contributed by atoms with Crippen LogP contribution in [0, 0.1) is 0 Å². The van der Waals surface area contributed by atoms with Crippen LogP contribution in [0.5, 0.6) is 0 Å². The highest BCUT2D eigenvalue weighted by Crippen LogP contribution is 2.22. The van der Waals surface area contributed by atoms with Crippen molar-refractivity contribution in [3.05, 3.63) is 57.3 Å². The largest absolute Gasteiger partial charge is 0.478 e. The van der Waals surface area contributed by atoms with E-state index in [1.165, 1.54) is 30.5 Å². The minimum Gasteiger partial charge on any atom is -0.478 e. The lowest BCUT2D eigenvalue weighted by atomic mass is 10.1. The first-order valence-electron chi connectivity index (χ1n) is 5.43. The number of carbonyl (C=O) groups is 2. The SMILES string of the molecule is O=C(Nc1cc(Br)ccc1C(=O)O)c1ccc(Cl)cn1. The molecule has 0 spiro atoms. The Kier molecular flexibility index (Phi) is 4.36. The number of carboxylic acids is 1. The van der Waals surface area contributed by atoms with Gasteiger partial charge in [-0.25, -0.2) is 9.78 Å². The van der Waals surface area contributed by atoms with E-state index in [4.69, 9.17) is 16.7 Å². The van der Waals surface area contributed by atoms with Crippen molar-refractivity contribution < 1.29 is 14.7 Å². The van der Waals surface area contributed by atoms with Gasteiger partial charge in [0, 0.05) is 10.7 Å². The number of anilines is 1. The van der Waals surface area contributed by atoms with Crippen LogP contribution >= 0.6 is 27.5 Å². The van der Waals surface area contributed by atoms with E-state index in [0.717, 1.165) is 0 Å². The summed E-state index contributed by atoms with van der Waals surface area (Å²) in [6.45, 7) is 0. The number of benzene rings is 1. The van der Waals surface area contributed by atoms with Gasteiger partial charge < -0.3 is 10.4 Å². The Morgan fingerprint density at radius 2 is 2.00 bits per heavy atom. The van der Waals surface area contributed by atoms with Gasteiger partial charge in [0.05, 0.1) is 16.3 Å². The first-order chi connectivity index (χ1) is 9.47. The van der Waals surface area contributed by atoms with Crippen LogP contribution in [0.1, 0.15) is 20.8 Å². The molecule has 1 aromatic heterocycles. The Bertz CT molecular complexity index is 674. The summed E-state index contributed by atoms with van der Waals surface area (Å²) in [5.41, 5.74) is 0.329. The van der Waals surface area contributed by atoms with Crippen LogP contribution in [0.25, 0.3) is 0 Å². The number of amides is 1. The molecular weight excluding hydrogens is 348 g/mol. The number of carboxylic acid groups (broad SMARTS) is 1. The van der Waals surface area contributed by atoms with Gasteiger partial charge in [-0.15, -0.1) is 0 Å². The number of rotatable bonds is 3. The summed E-state index contributed by atoms with van der Waals surface area (Å²) < 4.78 is 0.655. The molecule has 2 aromatic rings. The van der Waals surface area contributed by atoms with Gasteiger partial charge in [-0.3, -0.25) is 4.79 Å². The van der Waals surface area contributed by atoms with E-state index in [0.29, 0.717) is 9.50 Å². The number of hydrogen-bond acceptors (Lipinski definition) is 3. The highest BCUT2D eigenvalue weighted by Gasteiger charge is 2.14. The Hall–Kier alpha value is -1.92. The molecule has 1 heterocycles. The average Bonchev–Trinajstić information content (AvgIpc) is 2.39. The van der Waals surface area contributed by atoms with E-state index >= 15 is 0 Å². The fourth-order valence-corrected chi connectivity index (χ4v) is 1.98. The summed E-state index contributed by atoms with van der Waals surface area (Å²) in [6, 6.07) is 7.48. The summed E-state index contributed by atoms with van der Waals surface area (Å²) in [5.74, 6) is -1.64. The van der Waals surface area contributed by atoms with Crippen molar-refractivity contribution in [2.75, 3.05) is 5.32 Å².